The van der Waals surface area contributed by atoms with Gasteiger partial charge >= 0.3 is 0 Å². The Hall–Kier alpha value is -2.21. The molecule has 2 aromatic rings. The maximum atomic E-state index is 13.8. The second kappa shape index (κ2) is 6.73. The van der Waals surface area contributed by atoms with Gasteiger partial charge < -0.3 is 10.6 Å². The molecule has 0 atom stereocenters. The molecule has 0 saturated heterocycles. The first kappa shape index (κ1) is 16.6. The third kappa shape index (κ3) is 3.19. The molecule has 0 bridgehead atoms. The normalized spacial score (nSPS) is 13.0. The van der Waals surface area contributed by atoms with E-state index in [-0.39, 0.29) is 17.5 Å². The molecule has 4 nitrogen and oxygen atoms in total. The van der Waals surface area contributed by atoms with Crippen LogP contribution < -0.4 is 10.6 Å². The Bertz CT molecular complexity index is 798. The number of fused-ring (bicyclic) bond motifs is 1. The number of rotatable bonds is 4. The Morgan fingerprint density at radius 2 is 1.92 bits per heavy atom. The number of hydrogen-bond acceptors (Lipinski definition) is 3. The minimum atomic E-state index is -0.577. The van der Waals surface area contributed by atoms with Crippen LogP contribution in [0.4, 0.5) is 9.39 Å². The quantitative estimate of drug-likeness (QED) is 0.885. The van der Waals surface area contributed by atoms with Crippen molar-refractivity contribution in [1.82, 2.24) is 5.32 Å². The molecule has 1 aliphatic carbocycles. The van der Waals surface area contributed by atoms with Crippen molar-refractivity contribution in [2.75, 3.05) is 5.32 Å². The van der Waals surface area contributed by atoms with Crippen LogP contribution in [-0.4, -0.2) is 17.9 Å². The maximum absolute atomic E-state index is 13.8. The molecule has 3 rings (SSSR count). The molecule has 1 heterocycles. The number of aryl methyl sites for hydroxylation is 1. The van der Waals surface area contributed by atoms with Crippen LogP contribution in [0.15, 0.2) is 24.3 Å². The number of benzene rings is 1. The van der Waals surface area contributed by atoms with Crippen molar-refractivity contribution in [3.8, 4) is 0 Å². The summed E-state index contributed by atoms with van der Waals surface area (Å²) in [7, 11) is 0. The van der Waals surface area contributed by atoms with Crippen LogP contribution in [0.3, 0.4) is 0 Å². The highest BCUT2D eigenvalue weighted by atomic mass is 32.1. The summed E-state index contributed by atoms with van der Waals surface area (Å²) in [5.74, 6) is -1.30. The lowest BCUT2D eigenvalue weighted by atomic mass is 10.1. The fraction of sp³-hybridized carbons (Fsp3) is 0.333. The zero-order valence-corrected chi connectivity index (χ0v) is 14.4. The van der Waals surface area contributed by atoms with E-state index in [1.54, 1.807) is 6.07 Å². The lowest BCUT2D eigenvalue weighted by Gasteiger charge is -2.11. The van der Waals surface area contributed by atoms with E-state index in [1.807, 2.05) is 13.8 Å². The highest BCUT2D eigenvalue weighted by molar-refractivity contribution is 7.17. The molecule has 0 fully saturated rings. The average molecular weight is 346 g/mol. The first-order valence-electron chi connectivity index (χ1n) is 7.98. The zero-order chi connectivity index (χ0) is 17.3. The summed E-state index contributed by atoms with van der Waals surface area (Å²) >= 11 is 1.42. The van der Waals surface area contributed by atoms with Gasteiger partial charge in [-0.1, -0.05) is 12.1 Å². The van der Waals surface area contributed by atoms with Gasteiger partial charge in [0, 0.05) is 10.9 Å². The van der Waals surface area contributed by atoms with Crippen molar-refractivity contribution in [3.05, 3.63) is 51.7 Å². The van der Waals surface area contributed by atoms with Gasteiger partial charge in [0.25, 0.3) is 11.8 Å². The molecule has 6 heteroatoms. The Balaban J connectivity index is 1.92. The van der Waals surface area contributed by atoms with Gasteiger partial charge in [-0.2, -0.15) is 0 Å². The van der Waals surface area contributed by atoms with Gasteiger partial charge in [-0.15, -0.1) is 11.3 Å². The standard InChI is InChI=1S/C18H19FN2O2S/c1-10(2)20-17(23)15-12-7-5-9-14(12)24-18(15)21-16(22)11-6-3-4-8-13(11)19/h3-4,6,8,10H,5,7,9H2,1-2H3,(H,20,23)(H,21,22). The van der Waals surface area contributed by atoms with E-state index in [0.29, 0.717) is 10.6 Å². The average Bonchev–Trinajstić information content (AvgIpc) is 3.06. The molecular formula is C18H19FN2O2S. The molecule has 1 aromatic heterocycles. The van der Waals surface area contributed by atoms with Crippen molar-refractivity contribution in [3.63, 3.8) is 0 Å². The maximum Gasteiger partial charge on any atom is 0.259 e. The van der Waals surface area contributed by atoms with E-state index in [2.05, 4.69) is 10.6 Å². The number of anilines is 1. The summed E-state index contributed by atoms with van der Waals surface area (Å²) in [6.45, 7) is 3.78. The second-order valence-electron chi connectivity index (χ2n) is 6.12. The lowest BCUT2D eigenvalue weighted by molar-refractivity contribution is 0.0943. The highest BCUT2D eigenvalue weighted by Crippen LogP contribution is 2.39. The first-order valence-corrected chi connectivity index (χ1v) is 8.80. The Kier molecular flexibility index (Phi) is 4.66. The van der Waals surface area contributed by atoms with E-state index >= 15 is 0 Å². The van der Waals surface area contributed by atoms with Crippen LogP contribution in [0.25, 0.3) is 0 Å². The van der Waals surface area contributed by atoms with Gasteiger partial charge in [-0.25, -0.2) is 4.39 Å². The first-order chi connectivity index (χ1) is 11.5. The minimum Gasteiger partial charge on any atom is -0.350 e. The Morgan fingerprint density at radius 3 is 2.62 bits per heavy atom. The fourth-order valence-corrected chi connectivity index (χ4v) is 4.16. The van der Waals surface area contributed by atoms with E-state index in [4.69, 9.17) is 0 Å². The predicted molar refractivity (Wildman–Crippen MR) is 93.3 cm³/mol. The third-order valence-corrected chi connectivity index (χ3v) is 5.12. The number of carbonyl (C=O) groups excluding carboxylic acids is 2. The molecule has 24 heavy (non-hydrogen) atoms. The molecule has 1 aliphatic rings. The van der Waals surface area contributed by atoms with Gasteiger partial charge in [0.05, 0.1) is 11.1 Å². The summed E-state index contributed by atoms with van der Waals surface area (Å²) in [6, 6.07) is 5.83. The predicted octanol–water partition coefficient (Wildman–Crippen LogP) is 3.77. The molecule has 126 valence electrons. The number of nitrogens with one attached hydrogen (secondary N) is 2. The van der Waals surface area contributed by atoms with Gasteiger partial charge in [0.2, 0.25) is 0 Å². The second-order valence-corrected chi connectivity index (χ2v) is 7.23. The van der Waals surface area contributed by atoms with Gasteiger partial charge in [0.15, 0.2) is 0 Å². The largest absolute Gasteiger partial charge is 0.350 e. The topological polar surface area (TPSA) is 58.2 Å². The summed E-state index contributed by atoms with van der Waals surface area (Å²) < 4.78 is 13.8. The number of amides is 2. The molecule has 2 N–H and O–H groups in total. The molecule has 0 unspecified atom stereocenters. The molecule has 0 spiro atoms. The van der Waals surface area contributed by atoms with E-state index < -0.39 is 11.7 Å². The molecule has 0 aliphatic heterocycles. The summed E-state index contributed by atoms with van der Waals surface area (Å²) in [5, 5.41) is 6.12. The summed E-state index contributed by atoms with van der Waals surface area (Å²) in [4.78, 5) is 26.1. The molecule has 1 aromatic carbocycles. The smallest absolute Gasteiger partial charge is 0.259 e. The van der Waals surface area contributed by atoms with E-state index in [1.165, 1.54) is 29.5 Å². The third-order valence-electron chi connectivity index (χ3n) is 3.91. The van der Waals surface area contributed by atoms with Crippen LogP contribution in [0, 0.1) is 5.82 Å². The monoisotopic (exact) mass is 346 g/mol. The number of halogens is 1. The molecule has 0 radical (unpaired) electrons. The van der Waals surface area contributed by atoms with Crippen LogP contribution >= 0.6 is 11.3 Å². The SMILES string of the molecule is CC(C)NC(=O)c1c(NC(=O)c2ccccc2F)sc2c1CCC2. The van der Waals surface area contributed by atoms with Crippen LogP contribution in [0.2, 0.25) is 0 Å². The van der Waals surface area contributed by atoms with Crippen LogP contribution in [-0.2, 0) is 12.8 Å². The molecule has 0 saturated carbocycles. The zero-order valence-electron chi connectivity index (χ0n) is 13.6. The van der Waals surface area contributed by atoms with Crippen molar-refractivity contribution in [2.45, 2.75) is 39.2 Å². The Labute approximate surface area is 144 Å². The number of thiophene rings is 1. The Morgan fingerprint density at radius 1 is 1.17 bits per heavy atom. The van der Waals surface area contributed by atoms with Gasteiger partial charge in [-0.05, 0) is 50.8 Å². The lowest BCUT2D eigenvalue weighted by Crippen LogP contribution is -2.31. The molecular weight excluding hydrogens is 327 g/mol. The van der Waals surface area contributed by atoms with Crippen LogP contribution in [0.1, 0.15) is 51.4 Å². The van der Waals surface area contributed by atoms with Gasteiger partial charge in [0.1, 0.15) is 10.8 Å². The summed E-state index contributed by atoms with van der Waals surface area (Å²) in [6.07, 6.45) is 2.77. The highest BCUT2D eigenvalue weighted by Gasteiger charge is 2.28. The van der Waals surface area contributed by atoms with Gasteiger partial charge in [-0.3, -0.25) is 9.59 Å². The fourth-order valence-electron chi connectivity index (χ4n) is 2.88. The van der Waals surface area contributed by atoms with Crippen LogP contribution in [0.5, 0.6) is 0 Å². The molecule has 2 amide bonds. The number of hydrogen-bond donors (Lipinski definition) is 2. The summed E-state index contributed by atoms with van der Waals surface area (Å²) in [5.41, 5.74) is 1.52. The van der Waals surface area contributed by atoms with Crippen molar-refractivity contribution in [2.24, 2.45) is 0 Å². The van der Waals surface area contributed by atoms with E-state index in [9.17, 15) is 14.0 Å². The minimum absolute atomic E-state index is 0.00423. The van der Waals surface area contributed by atoms with Crippen molar-refractivity contribution in [1.29, 1.82) is 0 Å². The number of carbonyl (C=O) groups is 2. The van der Waals surface area contributed by atoms with Crippen molar-refractivity contribution >= 4 is 28.2 Å². The van der Waals surface area contributed by atoms with E-state index in [0.717, 1.165) is 29.7 Å². The van der Waals surface area contributed by atoms with Crippen molar-refractivity contribution < 1.29 is 14.0 Å².